The molecule has 1 saturated carbocycles. The van der Waals surface area contributed by atoms with Crippen LogP contribution < -0.4 is 5.73 Å². The fourth-order valence-electron chi connectivity index (χ4n) is 1.15. The van der Waals surface area contributed by atoms with Gasteiger partial charge in [-0.25, -0.2) is 0 Å². The summed E-state index contributed by atoms with van der Waals surface area (Å²) in [5.74, 6) is -1.15. The zero-order chi connectivity index (χ0) is 7.89. The van der Waals surface area contributed by atoms with E-state index in [4.69, 9.17) is 10.8 Å². The summed E-state index contributed by atoms with van der Waals surface area (Å²) >= 11 is 0. The van der Waals surface area contributed by atoms with Crippen molar-refractivity contribution >= 4 is 5.97 Å². The molecule has 3 nitrogen and oxygen atoms in total. The lowest BCUT2D eigenvalue weighted by Crippen LogP contribution is -2.16. The van der Waals surface area contributed by atoms with E-state index in [0.29, 0.717) is 0 Å². The summed E-state index contributed by atoms with van der Waals surface area (Å²) in [6.07, 6.45) is 0. The summed E-state index contributed by atoms with van der Waals surface area (Å²) in [5, 5.41) is 8.53. The largest absolute Gasteiger partial charge is 0.481 e. The Labute approximate surface area is 59.5 Å². The van der Waals surface area contributed by atoms with Gasteiger partial charge in [0, 0.05) is 12.0 Å². The highest BCUT2D eigenvalue weighted by atomic mass is 16.4. The number of hydrogen-bond acceptors (Lipinski definition) is 2. The zero-order valence-electron chi connectivity index (χ0n) is 5.87. The molecule has 1 aliphatic carbocycles. The first-order chi connectivity index (χ1) is 4.55. The van der Waals surface area contributed by atoms with E-state index in [1.165, 1.54) is 0 Å². The second-order valence-corrected chi connectivity index (χ2v) is 2.75. The number of hydrogen-bond donors (Lipinski definition) is 2. The molecule has 0 heterocycles. The standard InChI is InChI=1S/C7H11NO2/c1-3-5(6(3)8)4(2)7(9)10/h4-6H,1,8H2,2H3,(H,9,10). The van der Waals surface area contributed by atoms with Gasteiger partial charge < -0.3 is 10.8 Å². The van der Waals surface area contributed by atoms with E-state index in [2.05, 4.69) is 6.58 Å². The van der Waals surface area contributed by atoms with Gasteiger partial charge in [0.2, 0.25) is 0 Å². The van der Waals surface area contributed by atoms with E-state index in [1.807, 2.05) is 0 Å². The van der Waals surface area contributed by atoms with Crippen LogP contribution in [0.4, 0.5) is 0 Å². The minimum atomic E-state index is -0.792. The molecule has 3 N–H and O–H groups in total. The molecule has 0 aliphatic heterocycles. The first-order valence-electron chi connectivity index (χ1n) is 3.22. The molecule has 3 unspecified atom stereocenters. The van der Waals surface area contributed by atoms with Crippen LogP contribution in [0.3, 0.4) is 0 Å². The first kappa shape index (κ1) is 7.28. The molecule has 0 saturated heterocycles. The molecule has 0 aromatic carbocycles. The van der Waals surface area contributed by atoms with Crippen molar-refractivity contribution in [1.82, 2.24) is 0 Å². The minimum Gasteiger partial charge on any atom is -0.481 e. The van der Waals surface area contributed by atoms with Crippen LogP contribution in [0.5, 0.6) is 0 Å². The van der Waals surface area contributed by atoms with Gasteiger partial charge in [-0.05, 0) is 0 Å². The zero-order valence-corrected chi connectivity index (χ0v) is 5.87. The second-order valence-electron chi connectivity index (χ2n) is 2.75. The lowest BCUT2D eigenvalue weighted by atomic mass is 10.1. The molecule has 0 bridgehead atoms. The highest BCUT2D eigenvalue weighted by Crippen LogP contribution is 2.40. The molecule has 1 fully saturated rings. The first-order valence-corrected chi connectivity index (χ1v) is 3.22. The van der Waals surface area contributed by atoms with E-state index >= 15 is 0 Å². The molecule has 3 atom stereocenters. The molecule has 0 aromatic rings. The van der Waals surface area contributed by atoms with E-state index in [1.54, 1.807) is 6.92 Å². The number of rotatable bonds is 2. The maximum absolute atomic E-state index is 10.4. The molecule has 10 heavy (non-hydrogen) atoms. The third-order valence-electron chi connectivity index (χ3n) is 2.06. The highest BCUT2D eigenvalue weighted by Gasteiger charge is 2.45. The predicted octanol–water partition coefficient (Wildman–Crippen LogP) is 0.220. The molecule has 0 aromatic heterocycles. The van der Waals surface area contributed by atoms with Crippen LogP contribution in [0.2, 0.25) is 0 Å². The van der Waals surface area contributed by atoms with Gasteiger partial charge in [0.25, 0.3) is 0 Å². The number of carbonyl (C=O) groups is 1. The molecule has 0 amide bonds. The normalized spacial score (nSPS) is 33.6. The number of nitrogens with two attached hydrogens (primary N) is 1. The smallest absolute Gasteiger partial charge is 0.306 e. The molecule has 3 heteroatoms. The van der Waals surface area contributed by atoms with E-state index in [9.17, 15) is 4.79 Å². The molecule has 1 aliphatic rings. The Balaban J connectivity index is 2.54. The highest BCUT2D eigenvalue weighted by molar-refractivity contribution is 5.72. The van der Waals surface area contributed by atoms with Gasteiger partial charge in [-0.2, -0.15) is 0 Å². The van der Waals surface area contributed by atoms with Crippen molar-refractivity contribution in [3.05, 3.63) is 12.2 Å². The lowest BCUT2D eigenvalue weighted by Gasteiger charge is -2.00. The average Bonchev–Trinajstić information content (AvgIpc) is 2.40. The van der Waals surface area contributed by atoms with Crippen LogP contribution in [0.15, 0.2) is 12.2 Å². The molecule has 0 radical (unpaired) electrons. The van der Waals surface area contributed by atoms with E-state index in [0.717, 1.165) is 5.57 Å². The van der Waals surface area contributed by atoms with Gasteiger partial charge in [-0.15, -0.1) is 0 Å². The van der Waals surface area contributed by atoms with Crippen LogP contribution in [0.25, 0.3) is 0 Å². The van der Waals surface area contributed by atoms with Gasteiger partial charge >= 0.3 is 5.97 Å². The summed E-state index contributed by atoms with van der Waals surface area (Å²) in [4.78, 5) is 10.4. The number of carboxylic acid groups (broad SMARTS) is 1. The Morgan fingerprint density at radius 1 is 1.90 bits per heavy atom. The topological polar surface area (TPSA) is 63.3 Å². The second kappa shape index (κ2) is 2.09. The predicted molar refractivity (Wildman–Crippen MR) is 37.4 cm³/mol. The van der Waals surface area contributed by atoms with Gasteiger partial charge in [0.05, 0.1) is 5.92 Å². The van der Waals surface area contributed by atoms with Crippen LogP contribution in [-0.2, 0) is 4.79 Å². The Morgan fingerprint density at radius 3 is 2.40 bits per heavy atom. The van der Waals surface area contributed by atoms with Crippen molar-refractivity contribution in [3.8, 4) is 0 Å². The molecule has 0 spiro atoms. The summed E-state index contributed by atoms with van der Waals surface area (Å²) < 4.78 is 0. The summed E-state index contributed by atoms with van der Waals surface area (Å²) in [6.45, 7) is 5.30. The van der Waals surface area contributed by atoms with Crippen molar-refractivity contribution in [3.63, 3.8) is 0 Å². The third-order valence-corrected chi connectivity index (χ3v) is 2.06. The van der Waals surface area contributed by atoms with Crippen molar-refractivity contribution in [2.45, 2.75) is 13.0 Å². The lowest BCUT2D eigenvalue weighted by molar-refractivity contribution is -0.141. The Kier molecular flexibility index (Phi) is 1.52. The Hall–Kier alpha value is -0.830. The fourth-order valence-corrected chi connectivity index (χ4v) is 1.15. The summed E-state index contributed by atoms with van der Waals surface area (Å²) in [6, 6.07) is -0.0777. The van der Waals surface area contributed by atoms with Crippen LogP contribution in [-0.4, -0.2) is 17.1 Å². The molecular formula is C7H11NO2. The van der Waals surface area contributed by atoms with Crippen LogP contribution in [0.1, 0.15) is 6.92 Å². The Morgan fingerprint density at radius 2 is 2.30 bits per heavy atom. The van der Waals surface area contributed by atoms with Crippen LogP contribution in [0, 0.1) is 11.8 Å². The van der Waals surface area contributed by atoms with Gasteiger partial charge in [-0.1, -0.05) is 19.1 Å². The van der Waals surface area contributed by atoms with Crippen molar-refractivity contribution in [2.75, 3.05) is 0 Å². The van der Waals surface area contributed by atoms with Crippen LogP contribution >= 0.6 is 0 Å². The average molecular weight is 141 g/mol. The summed E-state index contributed by atoms with van der Waals surface area (Å²) in [7, 11) is 0. The van der Waals surface area contributed by atoms with Gasteiger partial charge in [0.15, 0.2) is 0 Å². The van der Waals surface area contributed by atoms with E-state index in [-0.39, 0.29) is 17.9 Å². The maximum atomic E-state index is 10.4. The minimum absolute atomic E-state index is 0.0116. The molecule has 56 valence electrons. The van der Waals surface area contributed by atoms with Gasteiger partial charge in [0.1, 0.15) is 0 Å². The fraction of sp³-hybridized carbons (Fsp3) is 0.571. The SMILES string of the molecule is C=C1C(N)C1C(C)C(=O)O. The molecule has 1 rings (SSSR count). The number of carboxylic acids is 1. The Bertz CT molecular complexity index is 180. The maximum Gasteiger partial charge on any atom is 0.306 e. The molecular weight excluding hydrogens is 130 g/mol. The quantitative estimate of drug-likeness (QED) is 0.541. The van der Waals surface area contributed by atoms with Crippen molar-refractivity contribution in [1.29, 1.82) is 0 Å². The van der Waals surface area contributed by atoms with E-state index < -0.39 is 5.97 Å². The van der Waals surface area contributed by atoms with Crippen molar-refractivity contribution in [2.24, 2.45) is 17.6 Å². The van der Waals surface area contributed by atoms with Crippen molar-refractivity contribution < 1.29 is 9.90 Å². The van der Waals surface area contributed by atoms with Gasteiger partial charge in [-0.3, -0.25) is 4.79 Å². The monoisotopic (exact) mass is 141 g/mol. The third kappa shape index (κ3) is 0.926. The number of aliphatic carboxylic acids is 1. The summed E-state index contributed by atoms with van der Waals surface area (Å²) in [5.41, 5.74) is 6.36.